The van der Waals surface area contributed by atoms with E-state index in [0.29, 0.717) is 42.3 Å². The molecule has 6 heteroatoms. The lowest BCUT2D eigenvalue weighted by atomic mass is 9.70. The molecule has 0 unspecified atom stereocenters. The Balaban J connectivity index is 1.76. The molecule has 0 spiro atoms. The number of ether oxygens (including phenoxy) is 3. The van der Waals surface area contributed by atoms with Gasteiger partial charge in [0.1, 0.15) is 24.0 Å². The third-order valence-electron chi connectivity index (χ3n) is 5.83. The van der Waals surface area contributed by atoms with Gasteiger partial charge in [-0.3, -0.25) is 4.79 Å². The van der Waals surface area contributed by atoms with Crippen LogP contribution in [0.15, 0.2) is 71.3 Å². The molecule has 1 atom stereocenters. The van der Waals surface area contributed by atoms with E-state index in [9.17, 15) is 10.1 Å². The van der Waals surface area contributed by atoms with Gasteiger partial charge in [-0.2, -0.15) is 5.26 Å². The van der Waals surface area contributed by atoms with Crippen LogP contribution in [-0.4, -0.2) is 12.9 Å². The minimum atomic E-state index is -0.600. The number of carbonyl (C=O) groups is 1. The van der Waals surface area contributed by atoms with Crippen molar-refractivity contribution >= 4 is 5.78 Å². The summed E-state index contributed by atoms with van der Waals surface area (Å²) in [5.41, 5.74) is 8.38. The number of nitrogens with two attached hydrogens (primary N) is 1. The highest BCUT2D eigenvalue weighted by Crippen LogP contribution is 2.48. The maximum atomic E-state index is 13.1. The van der Waals surface area contributed by atoms with Gasteiger partial charge in [0.15, 0.2) is 17.3 Å². The molecular formula is C26H26N2O4. The summed E-state index contributed by atoms with van der Waals surface area (Å²) in [6.07, 6.45) is 0.968. The fourth-order valence-electron chi connectivity index (χ4n) is 4.34. The number of benzene rings is 2. The second-order valence-electron chi connectivity index (χ2n) is 8.89. The summed E-state index contributed by atoms with van der Waals surface area (Å²) >= 11 is 0. The van der Waals surface area contributed by atoms with Crippen molar-refractivity contribution < 1.29 is 19.0 Å². The minimum Gasteiger partial charge on any atom is -0.493 e. The highest BCUT2D eigenvalue weighted by molar-refractivity contribution is 6.00. The zero-order valence-electron chi connectivity index (χ0n) is 18.5. The van der Waals surface area contributed by atoms with Crippen LogP contribution < -0.4 is 15.2 Å². The van der Waals surface area contributed by atoms with Gasteiger partial charge >= 0.3 is 0 Å². The van der Waals surface area contributed by atoms with E-state index < -0.39 is 5.92 Å². The Bertz CT molecular complexity index is 1160. The Morgan fingerprint density at radius 1 is 1.16 bits per heavy atom. The first kappa shape index (κ1) is 21.5. The summed E-state index contributed by atoms with van der Waals surface area (Å²) in [5, 5.41) is 9.84. The van der Waals surface area contributed by atoms with E-state index in [1.165, 1.54) is 0 Å². The van der Waals surface area contributed by atoms with Crippen molar-refractivity contribution in [2.45, 2.75) is 39.2 Å². The van der Waals surface area contributed by atoms with Gasteiger partial charge in [0.05, 0.1) is 13.0 Å². The first-order valence-electron chi connectivity index (χ1n) is 10.5. The van der Waals surface area contributed by atoms with Crippen molar-refractivity contribution in [2.75, 3.05) is 7.11 Å². The molecule has 0 saturated heterocycles. The van der Waals surface area contributed by atoms with Crippen molar-refractivity contribution in [3.8, 4) is 17.6 Å². The van der Waals surface area contributed by atoms with Crippen LogP contribution >= 0.6 is 0 Å². The second-order valence-corrected chi connectivity index (χ2v) is 8.89. The molecule has 32 heavy (non-hydrogen) atoms. The van der Waals surface area contributed by atoms with Crippen LogP contribution in [0, 0.1) is 16.7 Å². The fourth-order valence-corrected chi connectivity index (χ4v) is 4.34. The number of nitrogens with zero attached hydrogens (tertiary/aromatic N) is 1. The van der Waals surface area contributed by atoms with Crippen LogP contribution in [0.25, 0.3) is 0 Å². The van der Waals surface area contributed by atoms with Gasteiger partial charge in [0.25, 0.3) is 0 Å². The maximum Gasteiger partial charge on any atom is 0.205 e. The standard InChI is InChI=1S/C26H26N2O4/c1-26(2)12-19(29)24-22(13-26)32-25(28)18(14-27)23(24)17-9-10-20(30-3)21(11-17)31-15-16-7-5-4-6-8-16/h4-11,23H,12-13,15,28H2,1-3H3/t23-/m0/s1. The normalized spacial score (nSPS) is 19.7. The van der Waals surface area contributed by atoms with E-state index in [1.807, 2.05) is 56.3 Å². The van der Waals surface area contributed by atoms with Crippen LogP contribution in [0.4, 0.5) is 0 Å². The number of methoxy groups -OCH3 is 1. The summed E-state index contributed by atoms with van der Waals surface area (Å²) in [5.74, 6) is 1.07. The lowest BCUT2D eigenvalue weighted by Gasteiger charge is -2.37. The van der Waals surface area contributed by atoms with Crippen LogP contribution in [0.3, 0.4) is 0 Å². The molecule has 0 saturated carbocycles. The third-order valence-corrected chi connectivity index (χ3v) is 5.83. The summed E-state index contributed by atoms with van der Waals surface area (Å²) in [7, 11) is 1.57. The molecule has 6 nitrogen and oxygen atoms in total. The maximum absolute atomic E-state index is 13.1. The van der Waals surface area contributed by atoms with Gasteiger partial charge in [-0.15, -0.1) is 0 Å². The first-order chi connectivity index (χ1) is 15.3. The predicted molar refractivity (Wildman–Crippen MR) is 119 cm³/mol. The number of nitriles is 1. The lowest BCUT2D eigenvalue weighted by molar-refractivity contribution is -0.119. The van der Waals surface area contributed by atoms with Crippen molar-refractivity contribution in [1.29, 1.82) is 5.26 Å². The van der Waals surface area contributed by atoms with Gasteiger partial charge in [-0.05, 0) is 28.7 Å². The molecular weight excluding hydrogens is 404 g/mol. The lowest BCUT2D eigenvalue weighted by Crippen LogP contribution is -2.33. The molecule has 0 aromatic heterocycles. The van der Waals surface area contributed by atoms with E-state index in [2.05, 4.69) is 6.07 Å². The number of hydrogen-bond donors (Lipinski definition) is 1. The monoisotopic (exact) mass is 430 g/mol. The molecule has 1 aliphatic carbocycles. The zero-order chi connectivity index (χ0) is 22.9. The smallest absolute Gasteiger partial charge is 0.205 e. The summed E-state index contributed by atoms with van der Waals surface area (Å²) in [6.45, 7) is 4.41. The first-order valence-corrected chi connectivity index (χ1v) is 10.5. The number of rotatable bonds is 5. The van der Waals surface area contributed by atoms with Crippen LogP contribution in [-0.2, 0) is 16.1 Å². The number of carbonyl (C=O) groups excluding carboxylic acids is 1. The molecule has 1 aliphatic heterocycles. The molecule has 0 bridgehead atoms. The Labute approximate surface area is 187 Å². The van der Waals surface area contributed by atoms with Crippen LogP contribution in [0.2, 0.25) is 0 Å². The van der Waals surface area contributed by atoms with E-state index in [1.54, 1.807) is 13.2 Å². The summed E-state index contributed by atoms with van der Waals surface area (Å²) in [4.78, 5) is 13.1. The molecule has 164 valence electrons. The molecule has 0 fully saturated rings. The van der Waals surface area contributed by atoms with Gasteiger partial charge in [0, 0.05) is 18.4 Å². The SMILES string of the molecule is COc1ccc([C@H]2C(C#N)=C(N)OC3=C2C(=O)CC(C)(C)C3)cc1OCc1ccccc1. The van der Waals surface area contributed by atoms with Crippen LogP contribution in [0.5, 0.6) is 11.5 Å². The van der Waals surface area contributed by atoms with Gasteiger partial charge < -0.3 is 19.9 Å². The van der Waals surface area contributed by atoms with E-state index >= 15 is 0 Å². The average Bonchev–Trinajstić information content (AvgIpc) is 2.76. The number of Topliss-reactive ketones (excluding diaryl/α,β-unsaturated/α-hetero) is 1. The van der Waals surface area contributed by atoms with Gasteiger partial charge in [-0.25, -0.2) is 0 Å². The van der Waals surface area contributed by atoms with E-state index in [4.69, 9.17) is 19.9 Å². The minimum absolute atomic E-state index is 0.0240. The molecule has 0 amide bonds. The van der Waals surface area contributed by atoms with Gasteiger partial charge in [-0.1, -0.05) is 50.2 Å². The second kappa shape index (κ2) is 8.43. The van der Waals surface area contributed by atoms with Crippen molar-refractivity contribution in [3.05, 3.63) is 82.4 Å². The highest BCUT2D eigenvalue weighted by Gasteiger charge is 2.43. The molecule has 2 aromatic carbocycles. The van der Waals surface area contributed by atoms with Gasteiger partial charge in [0.2, 0.25) is 5.88 Å². The fraction of sp³-hybridized carbons (Fsp3) is 0.308. The number of ketones is 1. The number of hydrogen-bond acceptors (Lipinski definition) is 6. The Morgan fingerprint density at radius 3 is 2.59 bits per heavy atom. The van der Waals surface area contributed by atoms with Crippen molar-refractivity contribution in [1.82, 2.24) is 0 Å². The van der Waals surface area contributed by atoms with Crippen LogP contribution in [0.1, 0.15) is 43.7 Å². The summed E-state index contributed by atoms with van der Waals surface area (Å²) < 4.78 is 17.3. The van der Waals surface area contributed by atoms with Crippen molar-refractivity contribution in [3.63, 3.8) is 0 Å². The van der Waals surface area contributed by atoms with Crippen molar-refractivity contribution in [2.24, 2.45) is 11.1 Å². The molecule has 1 heterocycles. The zero-order valence-corrected chi connectivity index (χ0v) is 18.5. The summed E-state index contributed by atoms with van der Waals surface area (Å²) in [6, 6.07) is 17.4. The largest absolute Gasteiger partial charge is 0.493 e. The Morgan fingerprint density at radius 2 is 1.91 bits per heavy atom. The number of allylic oxidation sites excluding steroid dienone is 3. The quantitative estimate of drug-likeness (QED) is 0.737. The average molecular weight is 431 g/mol. The predicted octanol–water partition coefficient (Wildman–Crippen LogP) is 4.73. The third kappa shape index (κ3) is 4.06. The van der Waals surface area contributed by atoms with E-state index in [0.717, 1.165) is 11.1 Å². The Hall–Kier alpha value is -3.72. The molecule has 2 N–H and O–H groups in total. The molecule has 0 radical (unpaired) electrons. The Kier molecular flexibility index (Phi) is 5.67. The topological polar surface area (TPSA) is 94.6 Å². The van der Waals surface area contributed by atoms with E-state index in [-0.39, 0.29) is 22.7 Å². The molecule has 4 rings (SSSR count). The highest BCUT2D eigenvalue weighted by atomic mass is 16.5. The molecule has 2 aromatic rings. The molecule has 2 aliphatic rings.